The van der Waals surface area contributed by atoms with Crippen molar-refractivity contribution in [3.05, 3.63) is 47.0 Å². The van der Waals surface area contributed by atoms with Gasteiger partial charge in [0.1, 0.15) is 11.5 Å². The highest BCUT2D eigenvalue weighted by Crippen LogP contribution is 2.29. The molecule has 2 heterocycles. The van der Waals surface area contributed by atoms with E-state index in [0.29, 0.717) is 17.9 Å². The van der Waals surface area contributed by atoms with Crippen LogP contribution in [0.25, 0.3) is 5.69 Å². The lowest BCUT2D eigenvalue weighted by Gasteiger charge is -2.33. The van der Waals surface area contributed by atoms with Crippen LogP contribution in [-0.2, 0) is 12.8 Å². The first-order valence-electron chi connectivity index (χ1n) is 8.54. The summed E-state index contributed by atoms with van der Waals surface area (Å²) in [6, 6.07) is 6.74. The third kappa shape index (κ3) is 3.04. The molecule has 134 valence electrons. The molecule has 1 saturated heterocycles. The fourth-order valence-electron chi connectivity index (χ4n) is 3.71. The highest BCUT2D eigenvalue weighted by molar-refractivity contribution is 5.94. The van der Waals surface area contributed by atoms with Gasteiger partial charge in [0.15, 0.2) is 5.69 Å². The lowest BCUT2D eigenvalue weighted by molar-refractivity contribution is 0.0648. The van der Waals surface area contributed by atoms with Crippen molar-refractivity contribution < 1.29 is 9.18 Å². The van der Waals surface area contributed by atoms with Crippen molar-refractivity contribution in [1.82, 2.24) is 20.0 Å². The molecule has 1 amide bonds. The van der Waals surface area contributed by atoms with Gasteiger partial charge in [-0.25, -0.2) is 9.07 Å². The van der Waals surface area contributed by atoms with Crippen LogP contribution in [0, 0.1) is 5.82 Å². The SMILES string of the molecule is C[C@H]1CNCCN1C(=O)c1nn(-c2ccccc2F)c2c1CCC2.Cl. The number of benzene rings is 1. The Morgan fingerprint density at radius 2 is 2.12 bits per heavy atom. The zero-order valence-electron chi connectivity index (χ0n) is 14.2. The lowest BCUT2D eigenvalue weighted by atomic mass is 10.1. The number of hydrogen-bond donors (Lipinski definition) is 1. The van der Waals surface area contributed by atoms with Crippen molar-refractivity contribution in [3.8, 4) is 5.69 Å². The predicted octanol–water partition coefficient (Wildman–Crippen LogP) is 2.36. The number of carbonyl (C=O) groups is 1. The number of nitrogens with zero attached hydrogens (tertiary/aromatic N) is 3. The van der Waals surface area contributed by atoms with E-state index in [2.05, 4.69) is 10.4 Å². The monoisotopic (exact) mass is 364 g/mol. The van der Waals surface area contributed by atoms with Crippen molar-refractivity contribution in [2.75, 3.05) is 19.6 Å². The maximum atomic E-state index is 14.2. The van der Waals surface area contributed by atoms with Gasteiger partial charge >= 0.3 is 0 Å². The van der Waals surface area contributed by atoms with Crippen LogP contribution in [0.3, 0.4) is 0 Å². The van der Waals surface area contributed by atoms with E-state index in [1.54, 1.807) is 22.9 Å². The molecule has 2 aliphatic rings. The lowest BCUT2D eigenvalue weighted by Crippen LogP contribution is -2.52. The highest BCUT2D eigenvalue weighted by atomic mass is 35.5. The molecular formula is C18H22ClFN4O. The number of hydrogen-bond acceptors (Lipinski definition) is 3. The molecule has 1 atom stereocenters. The van der Waals surface area contributed by atoms with Crippen LogP contribution in [0.2, 0.25) is 0 Å². The van der Waals surface area contributed by atoms with E-state index in [0.717, 1.165) is 43.6 Å². The molecule has 1 aliphatic carbocycles. The number of fused-ring (bicyclic) bond motifs is 1. The summed E-state index contributed by atoms with van der Waals surface area (Å²) in [6.45, 7) is 4.31. The standard InChI is InChI=1S/C18H21FN4O.ClH/c1-12-11-20-9-10-22(12)18(24)17-13-5-4-8-15(13)23(21-17)16-7-3-2-6-14(16)19;/h2-3,6-7,12,20H,4-5,8-11H2,1H3;1H/t12-;/m0./s1. The predicted molar refractivity (Wildman–Crippen MR) is 96.2 cm³/mol. The Labute approximate surface area is 152 Å². The number of piperazine rings is 1. The molecule has 1 aromatic heterocycles. The molecule has 0 saturated carbocycles. The fraction of sp³-hybridized carbons (Fsp3) is 0.444. The van der Waals surface area contributed by atoms with Crippen molar-refractivity contribution in [1.29, 1.82) is 0 Å². The Hall–Kier alpha value is -1.92. The topological polar surface area (TPSA) is 50.2 Å². The first kappa shape index (κ1) is 17.9. The molecule has 2 aromatic rings. The molecule has 1 aliphatic heterocycles. The van der Waals surface area contributed by atoms with E-state index in [9.17, 15) is 9.18 Å². The first-order valence-corrected chi connectivity index (χ1v) is 8.54. The van der Waals surface area contributed by atoms with Crippen LogP contribution in [-0.4, -0.2) is 46.3 Å². The Balaban J connectivity index is 0.00000182. The average Bonchev–Trinajstić information content (AvgIpc) is 3.18. The fourth-order valence-corrected chi connectivity index (χ4v) is 3.71. The Bertz CT molecular complexity index is 791. The zero-order valence-corrected chi connectivity index (χ0v) is 15.0. The summed E-state index contributed by atoms with van der Waals surface area (Å²) >= 11 is 0. The van der Waals surface area contributed by atoms with Gasteiger partial charge in [0, 0.05) is 36.9 Å². The first-order chi connectivity index (χ1) is 11.7. The summed E-state index contributed by atoms with van der Waals surface area (Å²) < 4.78 is 15.8. The molecule has 4 rings (SSSR count). The van der Waals surface area contributed by atoms with E-state index < -0.39 is 0 Å². The third-order valence-electron chi connectivity index (χ3n) is 4.98. The van der Waals surface area contributed by atoms with Crippen LogP contribution >= 0.6 is 12.4 Å². The van der Waals surface area contributed by atoms with E-state index in [1.807, 2.05) is 11.8 Å². The van der Waals surface area contributed by atoms with Gasteiger partial charge in [0.05, 0.1) is 0 Å². The number of halogens is 2. The molecule has 25 heavy (non-hydrogen) atoms. The van der Waals surface area contributed by atoms with Gasteiger partial charge < -0.3 is 10.2 Å². The summed E-state index contributed by atoms with van der Waals surface area (Å²) in [4.78, 5) is 14.9. The van der Waals surface area contributed by atoms with E-state index in [-0.39, 0.29) is 30.2 Å². The van der Waals surface area contributed by atoms with Crippen LogP contribution in [0.1, 0.15) is 35.1 Å². The van der Waals surface area contributed by atoms with Gasteiger partial charge in [0.2, 0.25) is 0 Å². The molecule has 1 fully saturated rings. The number of amides is 1. The third-order valence-corrected chi connectivity index (χ3v) is 4.98. The van der Waals surface area contributed by atoms with Gasteiger partial charge in [-0.1, -0.05) is 12.1 Å². The van der Waals surface area contributed by atoms with Crippen LogP contribution in [0.4, 0.5) is 4.39 Å². The summed E-state index contributed by atoms with van der Waals surface area (Å²) in [5.74, 6) is -0.346. The summed E-state index contributed by atoms with van der Waals surface area (Å²) in [5, 5.41) is 7.83. The van der Waals surface area contributed by atoms with Crippen LogP contribution in [0.5, 0.6) is 0 Å². The van der Waals surface area contributed by atoms with Crippen molar-refractivity contribution in [2.24, 2.45) is 0 Å². The van der Waals surface area contributed by atoms with Crippen molar-refractivity contribution >= 4 is 18.3 Å². The zero-order chi connectivity index (χ0) is 16.7. The molecule has 7 heteroatoms. The maximum absolute atomic E-state index is 14.2. The normalized spacial score (nSPS) is 19.4. The number of para-hydroxylation sites is 1. The minimum absolute atomic E-state index is 0. The molecule has 0 spiro atoms. The quantitative estimate of drug-likeness (QED) is 0.890. The van der Waals surface area contributed by atoms with Gasteiger partial charge in [-0.15, -0.1) is 12.4 Å². The Morgan fingerprint density at radius 1 is 1.32 bits per heavy atom. The maximum Gasteiger partial charge on any atom is 0.274 e. The molecule has 1 aromatic carbocycles. The van der Waals surface area contributed by atoms with Gasteiger partial charge in [-0.2, -0.15) is 5.10 Å². The van der Waals surface area contributed by atoms with Gasteiger partial charge in [-0.3, -0.25) is 4.79 Å². The minimum atomic E-state index is -0.316. The van der Waals surface area contributed by atoms with E-state index >= 15 is 0 Å². The second-order valence-corrected chi connectivity index (χ2v) is 6.54. The molecule has 5 nitrogen and oxygen atoms in total. The molecule has 0 bridgehead atoms. The number of nitrogens with one attached hydrogen (secondary N) is 1. The van der Waals surface area contributed by atoms with Crippen molar-refractivity contribution in [3.63, 3.8) is 0 Å². The number of rotatable bonds is 2. The molecule has 0 unspecified atom stereocenters. The van der Waals surface area contributed by atoms with E-state index in [4.69, 9.17) is 0 Å². The Morgan fingerprint density at radius 3 is 2.88 bits per heavy atom. The summed E-state index contributed by atoms with van der Waals surface area (Å²) in [6.07, 6.45) is 2.66. The summed E-state index contributed by atoms with van der Waals surface area (Å²) in [7, 11) is 0. The minimum Gasteiger partial charge on any atom is -0.332 e. The summed E-state index contributed by atoms with van der Waals surface area (Å²) in [5.41, 5.74) is 2.89. The molecule has 1 N–H and O–H groups in total. The van der Waals surface area contributed by atoms with Crippen LogP contribution < -0.4 is 5.32 Å². The van der Waals surface area contributed by atoms with E-state index in [1.165, 1.54) is 6.07 Å². The molecule has 0 radical (unpaired) electrons. The van der Waals surface area contributed by atoms with Crippen molar-refractivity contribution in [2.45, 2.75) is 32.2 Å². The Kier molecular flexibility index (Phi) is 5.11. The molecular weight excluding hydrogens is 343 g/mol. The smallest absolute Gasteiger partial charge is 0.274 e. The highest BCUT2D eigenvalue weighted by Gasteiger charge is 2.32. The van der Waals surface area contributed by atoms with Gasteiger partial charge in [-0.05, 0) is 38.3 Å². The average molecular weight is 365 g/mol. The number of carbonyl (C=O) groups excluding carboxylic acids is 1. The second-order valence-electron chi connectivity index (χ2n) is 6.54. The number of aromatic nitrogens is 2. The largest absolute Gasteiger partial charge is 0.332 e. The second kappa shape index (κ2) is 7.14. The van der Waals surface area contributed by atoms with Gasteiger partial charge in [0.25, 0.3) is 5.91 Å². The van der Waals surface area contributed by atoms with Crippen LogP contribution in [0.15, 0.2) is 24.3 Å².